The summed E-state index contributed by atoms with van der Waals surface area (Å²) >= 11 is 0. The number of rotatable bonds is 7. The van der Waals surface area contributed by atoms with Gasteiger partial charge in [0, 0.05) is 56.6 Å². The highest BCUT2D eigenvalue weighted by molar-refractivity contribution is 5.94. The lowest BCUT2D eigenvalue weighted by Crippen LogP contribution is -2.24. The molecule has 0 radical (unpaired) electrons. The maximum Gasteiger partial charge on any atom is 0.338 e. The molecule has 0 saturated heterocycles. The van der Waals surface area contributed by atoms with Crippen LogP contribution in [0.25, 0.3) is 21.9 Å². The van der Waals surface area contributed by atoms with Crippen molar-refractivity contribution in [1.82, 2.24) is 19.7 Å². The van der Waals surface area contributed by atoms with Gasteiger partial charge in [-0.2, -0.15) is 5.10 Å². The average molecular weight is 442 g/mol. The van der Waals surface area contributed by atoms with Gasteiger partial charge in [-0.15, -0.1) is 0 Å². The highest BCUT2D eigenvalue weighted by atomic mass is 16.5. The van der Waals surface area contributed by atoms with E-state index in [4.69, 9.17) is 4.74 Å². The summed E-state index contributed by atoms with van der Waals surface area (Å²) in [7, 11) is 1.92. The molecule has 0 spiro atoms. The molecule has 0 fully saturated rings. The lowest BCUT2D eigenvalue weighted by Gasteiger charge is -2.16. The van der Waals surface area contributed by atoms with E-state index in [1.807, 2.05) is 61.5 Å². The van der Waals surface area contributed by atoms with E-state index in [0.29, 0.717) is 12.2 Å². The van der Waals surface area contributed by atoms with Gasteiger partial charge in [-0.25, -0.2) is 9.78 Å². The van der Waals surface area contributed by atoms with E-state index in [1.165, 1.54) is 11.1 Å². The third kappa shape index (κ3) is 4.45. The minimum Gasteiger partial charge on any atom is -0.462 e. The van der Waals surface area contributed by atoms with Crippen LogP contribution in [0.2, 0.25) is 0 Å². The number of ether oxygens (including phenoxy) is 1. The minimum absolute atomic E-state index is 0.256. The van der Waals surface area contributed by atoms with Gasteiger partial charge in [0.15, 0.2) is 0 Å². The highest BCUT2D eigenvalue weighted by Gasteiger charge is 2.20. The Hall–Kier alpha value is -3.71. The van der Waals surface area contributed by atoms with Gasteiger partial charge in [-0.3, -0.25) is 9.58 Å². The van der Waals surface area contributed by atoms with Crippen LogP contribution in [0.15, 0.2) is 61.1 Å². The Balaban J connectivity index is 1.25. The summed E-state index contributed by atoms with van der Waals surface area (Å²) in [6.45, 7) is 5.59. The molecule has 0 atom stereocenters. The second-order valence-corrected chi connectivity index (χ2v) is 8.34. The summed E-state index contributed by atoms with van der Waals surface area (Å²) in [5.74, 6) is 0.632. The van der Waals surface area contributed by atoms with Crippen LogP contribution in [0, 0.1) is 0 Å². The topological polar surface area (TPSA) is 72.3 Å². The molecule has 0 aliphatic carbocycles. The van der Waals surface area contributed by atoms with Crippen LogP contribution in [-0.4, -0.2) is 45.3 Å². The normalized spacial score (nSPS) is 13.3. The van der Waals surface area contributed by atoms with Crippen molar-refractivity contribution in [3.8, 4) is 11.1 Å². The maximum absolute atomic E-state index is 12.0. The molecule has 5 rings (SSSR count). The SMILES string of the molecule is CCOC(=O)c1ccc2c(c1)CN(CCNc1nccc3ccc(-c4cnn(C)c4)cc13)C2. The van der Waals surface area contributed by atoms with Crippen LogP contribution < -0.4 is 5.32 Å². The predicted octanol–water partition coefficient (Wildman–Crippen LogP) is 4.24. The van der Waals surface area contributed by atoms with E-state index < -0.39 is 0 Å². The highest BCUT2D eigenvalue weighted by Crippen LogP contribution is 2.28. The van der Waals surface area contributed by atoms with Gasteiger partial charge >= 0.3 is 5.97 Å². The molecule has 1 N–H and O–H groups in total. The number of hydrogen-bond acceptors (Lipinski definition) is 6. The maximum atomic E-state index is 12.0. The summed E-state index contributed by atoms with van der Waals surface area (Å²) in [5.41, 5.74) is 5.31. The molecule has 2 aromatic carbocycles. The Morgan fingerprint density at radius 2 is 1.97 bits per heavy atom. The van der Waals surface area contributed by atoms with Crippen molar-refractivity contribution in [2.75, 3.05) is 25.0 Å². The second kappa shape index (κ2) is 9.03. The number of aromatic nitrogens is 3. The van der Waals surface area contributed by atoms with Crippen LogP contribution in [0.4, 0.5) is 5.82 Å². The van der Waals surface area contributed by atoms with Crippen LogP contribution >= 0.6 is 0 Å². The summed E-state index contributed by atoms with van der Waals surface area (Å²) < 4.78 is 6.94. The first kappa shape index (κ1) is 21.2. The number of hydrogen-bond donors (Lipinski definition) is 1. The molecule has 0 saturated carbocycles. The predicted molar refractivity (Wildman–Crippen MR) is 129 cm³/mol. The van der Waals surface area contributed by atoms with E-state index in [1.54, 1.807) is 0 Å². The molecule has 2 aromatic heterocycles. The van der Waals surface area contributed by atoms with E-state index in [9.17, 15) is 4.79 Å². The Kier molecular flexibility index (Phi) is 5.79. The smallest absolute Gasteiger partial charge is 0.338 e. The number of esters is 1. The Morgan fingerprint density at radius 3 is 2.79 bits per heavy atom. The number of anilines is 1. The van der Waals surface area contributed by atoms with E-state index in [2.05, 4.69) is 38.5 Å². The molecular weight excluding hydrogens is 414 g/mol. The first-order valence-corrected chi connectivity index (χ1v) is 11.2. The van der Waals surface area contributed by atoms with Crippen molar-refractivity contribution in [3.05, 3.63) is 77.7 Å². The minimum atomic E-state index is -0.256. The fourth-order valence-electron chi connectivity index (χ4n) is 4.36. The molecule has 0 amide bonds. The van der Waals surface area contributed by atoms with Crippen LogP contribution in [0.3, 0.4) is 0 Å². The van der Waals surface area contributed by atoms with Gasteiger partial charge in [0.1, 0.15) is 5.82 Å². The zero-order valence-electron chi connectivity index (χ0n) is 18.9. The number of benzene rings is 2. The molecule has 4 aromatic rings. The number of carbonyl (C=O) groups excluding carboxylic acids is 1. The lowest BCUT2D eigenvalue weighted by molar-refractivity contribution is 0.0526. The van der Waals surface area contributed by atoms with Gasteiger partial charge in [-0.05, 0) is 53.3 Å². The third-order valence-corrected chi connectivity index (χ3v) is 6.03. The molecule has 1 aliphatic heterocycles. The second-order valence-electron chi connectivity index (χ2n) is 8.34. The van der Waals surface area contributed by atoms with E-state index in [0.717, 1.165) is 53.9 Å². The van der Waals surface area contributed by atoms with E-state index >= 15 is 0 Å². The number of aryl methyl sites for hydroxylation is 1. The van der Waals surface area contributed by atoms with Gasteiger partial charge in [-0.1, -0.05) is 18.2 Å². The molecular formula is C26H27N5O2. The van der Waals surface area contributed by atoms with Crippen molar-refractivity contribution in [3.63, 3.8) is 0 Å². The van der Waals surface area contributed by atoms with Crippen molar-refractivity contribution < 1.29 is 9.53 Å². The van der Waals surface area contributed by atoms with Gasteiger partial charge < -0.3 is 10.1 Å². The molecule has 7 nitrogen and oxygen atoms in total. The summed E-state index contributed by atoms with van der Waals surface area (Å²) in [4.78, 5) is 19.0. The zero-order valence-corrected chi connectivity index (χ0v) is 18.9. The molecule has 0 bridgehead atoms. The first-order valence-electron chi connectivity index (χ1n) is 11.2. The third-order valence-electron chi connectivity index (χ3n) is 6.03. The van der Waals surface area contributed by atoms with Gasteiger partial charge in [0.2, 0.25) is 0 Å². The molecule has 0 unspecified atom stereocenters. The van der Waals surface area contributed by atoms with Gasteiger partial charge in [0.25, 0.3) is 0 Å². The first-order chi connectivity index (χ1) is 16.1. The van der Waals surface area contributed by atoms with Crippen molar-refractivity contribution >= 4 is 22.6 Å². The number of fused-ring (bicyclic) bond motifs is 2. The summed E-state index contributed by atoms with van der Waals surface area (Å²) in [6, 6.07) is 14.3. The average Bonchev–Trinajstić information content (AvgIpc) is 3.44. The standard InChI is InChI=1S/C26H27N5O2/c1-3-33-26(32)20-6-7-21-16-31(17-22(21)12-20)11-10-28-25-24-13-19(23-14-29-30(2)15-23)5-4-18(24)8-9-27-25/h4-9,12-15H,3,10-11,16-17H2,1-2H3,(H,27,28). The van der Waals surface area contributed by atoms with Crippen LogP contribution in [0.1, 0.15) is 28.4 Å². The fraction of sp³-hybridized carbons (Fsp3) is 0.269. The molecule has 33 heavy (non-hydrogen) atoms. The Bertz CT molecular complexity index is 1310. The van der Waals surface area contributed by atoms with E-state index in [-0.39, 0.29) is 5.97 Å². The lowest BCUT2D eigenvalue weighted by atomic mass is 10.0. The summed E-state index contributed by atoms with van der Waals surface area (Å²) in [5, 5.41) is 10.1. The summed E-state index contributed by atoms with van der Waals surface area (Å²) in [6.07, 6.45) is 5.74. The zero-order chi connectivity index (χ0) is 22.8. The number of pyridine rings is 1. The quantitative estimate of drug-likeness (QED) is 0.433. The van der Waals surface area contributed by atoms with Crippen LogP contribution in [0.5, 0.6) is 0 Å². The van der Waals surface area contributed by atoms with Crippen molar-refractivity contribution in [2.24, 2.45) is 7.05 Å². The number of carbonyl (C=O) groups is 1. The molecule has 1 aliphatic rings. The Labute approximate surface area is 193 Å². The number of nitrogens with zero attached hydrogens (tertiary/aromatic N) is 4. The fourth-order valence-corrected chi connectivity index (χ4v) is 4.36. The van der Waals surface area contributed by atoms with Crippen molar-refractivity contribution in [2.45, 2.75) is 20.0 Å². The van der Waals surface area contributed by atoms with Gasteiger partial charge in [0.05, 0.1) is 18.4 Å². The monoisotopic (exact) mass is 441 g/mol. The molecule has 7 heteroatoms. The van der Waals surface area contributed by atoms with Crippen LogP contribution in [-0.2, 0) is 24.9 Å². The van der Waals surface area contributed by atoms with Crippen molar-refractivity contribution in [1.29, 1.82) is 0 Å². The largest absolute Gasteiger partial charge is 0.462 e. The number of nitrogens with one attached hydrogen (secondary N) is 1. The molecule has 168 valence electrons. The Morgan fingerprint density at radius 1 is 1.09 bits per heavy atom. The molecule has 3 heterocycles.